The fourth-order valence-electron chi connectivity index (χ4n) is 1.78. The molecule has 2 rings (SSSR count). The van der Waals surface area contributed by atoms with Crippen LogP contribution in [0.4, 0.5) is 21.9 Å². The van der Waals surface area contributed by atoms with Crippen LogP contribution in [0.25, 0.3) is 0 Å². The van der Waals surface area contributed by atoms with Crippen LogP contribution >= 0.6 is 0 Å². The van der Waals surface area contributed by atoms with E-state index < -0.39 is 0 Å². The van der Waals surface area contributed by atoms with E-state index in [1.165, 1.54) is 7.11 Å². The minimum atomic E-state index is -0.331. The zero-order chi connectivity index (χ0) is 15.8. The molecule has 6 nitrogen and oxygen atoms in total. The van der Waals surface area contributed by atoms with Crippen molar-refractivity contribution in [3.05, 3.63) is 54.6 Å². The lowest BCUT2D eigenvalue weighted by molar-refractivity contribution is -0.119. The number of urea groups is 1. The molecule has 0 unspecified atom stereocenters. The lowest BCUT2D eigenvalue weighted by Gasteiger charge is -2.09. The monoisotopic (exact) mass is 299 g/mol. The molecule has 0 aliphatic carbocycles. The molecule has 6 heteroatoms. The van der Waals surface area contributed by atoms with Gasteiger partial charge in [-0.3, -0.25) is 4.79 Å². The lowest BCUT2D eigenvalue weighted by atomic mass is 10.3. The van der Waals surface area contributed by atoms with E-state index in [9.17, 15) is 9.59 Å². The summed E-state index contributed by atoms with van der Waals surface area (Å²) in [5.74, 6) is -0.231. The average Bonchev–Trinajstić information content (AvgIpc) is 2.50. The van der Waals surface area contributed by atoms with Crippen molar-refractivity contribution in [3.8, 4) is 0 Å². The minimum absolute atomic E-state index is 0.000513. The van der Waals surface area contributed by atoms with Crippen molar-refractivity contribution in [3.63, 3.8) is 0 Å². The highest BCUT2D eigenvalue weighted by Gasteiger charge is 2.04. The van der Waals surface area contributed by atoms with Gasteiger partial charge in [-0.1, -0.05) is 18.2 Å². The van der Waals surface area contributed by atoms with Crippen molar-refractivity contribution in [2.24, 2.45) is 0 Å². The molecule has 0 fully saturated rings. The van der Waals surface area contributed by atoms with Crippen molar-refractivity contribution in [1.82, 2.24) is 0 Å². The van der Waals surface area contributed by atoms with Crippen LogP contribution in [-0.4, -0.2) is 25.7 Å². The predicted molar refractivity (Wildman–Crippen MR) is 86.0 cm³/mol. The summed E-state index contributed by atoms with van der Waals surface area (Å²) in [6, 6.07) is 15.6. The summed E-state index contributed by atoms with van der Waals surface area (Å²) in [5.41, 5.74) is 1.97. The fourth-order valence-corrected chi connectivity index (χ4v) is 1.78. The number of hydrogen-bond acceptors (Lipinski definition) is 3. The quantitative estimate of drug-likeness (QED) is 0.794. The summed E-state index contributed by atoms with van der Waals surface area (Å²) >= 11 is 0. The Morgan fingerprint density at radius 2 is 1.32 bits per heavy atom. The maximum Gasteiger partial charge on any atom is 0.323 e. The predicted octanol–water partition coefficient (Wildman–Crippen LogP) is 2.92. The summed E-state index contributed by atoms with van der Waals surface area (Å²) in [6.07, 6.45) is 0. The number of anilines is 3. The summed E-state index contributed by atoms with van der Waals surface area (Å²) in [6.45, 7) is -0.000513. The van der Waals surface area contributed by atoms with Crippen molar-refractivity contribution in [2.75, 3.05) is 29.7 Å². The van der Waals surface area contributed by atoms with Gasteiger partial charge in [-0.25, -0.2) is 4.79 Å². The standard InChI is InChI=1S/C16H17N3O3/c1-22-11-15(20)17-13-7-9-14(10-8-13)19-16(21)18-12-5-3-2-4-6-12/h2-10H,11H2,1H3,(H,17,20)(H2,18,19,21). The Bertz CT molecular complexity index is 627. The number of ether oxygens (including phenoxy) is 1. The molecule has 2 aromatic rings. The first-order valence-electron chi connectivity index (χ1n) is 6.69. The highest BCUT2D eigenvalue weighted by Crippen LogP contribution is 2.14. The van der Waals surface area contributed by atoms with E-state index in [2.05, 4.69) is 16.0 Å². The van der Waals surface area contributed by atoms with Gasteiger partial charge in [0.05, 0.1) is 0 Å². The third-order valence-electron chi connectivity index (χ3n) is 2.73. The van der Waals surface area contributed by atoms with Crippen LogP contribution in [0.3, 0.4) is 0 Å². The average molecular weight is 299 g/mol. The Morgan fingerprint density at radius 1 is 0.818 bits per heavy atom. The summed E-state index contributed by atoms with van der Waals surface area (Å²) in [5, 5.41) is 8.10. The number of rotatable bonds is 5. The van der Waals surface area contributed by atoms with E-state index in [1.807, 2.05) is 18.2 Å². The van der Waals surface area contributed by atoms with E-state index in [0.29, 0.717) is 17.1 Å². The first kappa shape index (κ1) is 15.5. The van der Waals surface area contributed by atoms with Gasteiger partial charge >= 0.3 is 6.03 Å². The molecule has 0 saturated carbocycles. The number of methoxy groups -OCH3 is 1. The lowest BCUT2D eigenvalue weighted by Crippen LogP contribution is -2.19. The van der Waals surface area contributed by atoms with Gasteiger partial charge in [0.2, 0.25) is 5.91 Å². The minimum Gasteiger partial charge on any atom is -0.375 e. The SMILES string of the molecule is COCC(=O)Nc1ccc(NC(=O)Nc2ccccc2)cc1. The topological polar surface area (TPSA) is 79.5 Å². The second-order valence-electron chi connectivity index (χ2n) is 4.50. The van der Waals surface area contributed by atoms with Gasteiger partial charge in [0.1, 0.15) is 6.61 Å². The van der Waals surface area contributed by atoms with Gasteiger partial charge < -0.3 is 20.7 Å². The van der Waals surface area contributed by atoms with E-state index in [1.54, 1.807) is 36.4 Å². The van der Waals surface area contributed by atoms with Gasteiger partial charge in [-0.05, 0) is 36.4 Å². The van der Waals surface area contributed by atoms with Crippen LogP contribution in [0.5, 0.6) is 0 Å². The number of benzene rings is 2. The van der Waals surface area contributed by atoms with Crippen LogP contribution in [0.1, 0.15) is 0 Å². The van der Waals surface area contributed by atoms with E-state index in [4.69, 9.17) is 4.74 Å². The number of carbonyl (C=O) groups excluding carboxylic acids is 2. The van der Waals surface area contributed by atoms with Crippen LogP contribution in [0.2, 0.25) is 0 Å². The molecule has 0 aliphatic rings. The number of hydrogen-bond donors (Lipinski definition) is 3. The third kappa shape index (κ3) is 4.92. The second kappa shape index (κ2) is 7.80. The molecule has 0 heterocycles. The Hall–Kier alpha value is -2.86. The van der Waals surface area contributed by atoms with E-state index in [-0.39, 0.29) is 18.5 Å². The molecular formula is C16H17N3O3. The van der Waals surface area contributed by atoms with Gasteiger partial charge in [0.15, 0.2) is 0 Å². The number of nitrogens with one attached hydrogen (secondary N) is 3. The zero-order valence-electron chi connectivity index (χ0n) is 12.1. The molecule has 3 N–H and O–H groups in total. The molecule has 114 valence electrons. The summed E-state index contributed by atoms with van der Waals surface area (Å²) in [7, 11) is 1.46. The maximum atomic E-state index is 11.8. The maximum absolute atomic E-state index is 11.8. The van der Waals surface area contributed by atoms with Crippen molar-refractivity contribution in [2.45, 2.75) is 0 Å². The number of amides is 3. The first-order chi connectivity index (χ1) is 10.7. The fraction of sp³-hybridized carbons (Fsp3) is 0.125. The molecule has 0 saturated heterocycles. The summed E-state index contributed by atoms with van der Waals surface area (Å²) < 4.78 is 4.73. The molecule has 22 heavy (non-hydrogen) atoms. The molecule has 0 radical (unpaired) electrons. The highest BCUT2D eigenvalue weighted by atomic mass is 16.5. The highest BCUT2D eigenvalue weighted by molar-refractivity contribution is 6.00. The molecule has 0 aromatic heterocycles. The molecule has 0 aliphatic heterocycles. The second-order valence-corrected chi connectivity index (χ2v) is 4.50. The molecular weight excluding hydrogens is 282 g/mol. The van der Waals surface area contributed by atoms with Gasteiger partial charge in [0, 0.05) is 24.2 Å². The first-order valence-corrected chi connectivity index (χ1v) is 6.69. The normalized spacial score (nSPS) is 9.86. The number of carbonyl (C=O) groups is 2. The van der Waals surface area contributed by atoms with Gasteiger partial charge in [-0.15, -0.1) is 0 Å². The van der Waals surface area contributed by atoms with Crippen molar-refractivity contribution >= 4 is 29.0 Å². The summed E-state index contributed by atoms with van der Waals surface area (Å²) in [4.78, 5) is 23.2. The molecule has 0 atom stereocenters. The Morgan fingerprint density at radius 3 is 1.86 bits per heavy atom. The largest absolute Gasteiger partial charge is 0.375 e. The van der Waals surface area contributed by atoms with Gasteiger partial charge in [-0.2, -0.15) is 0 Å². The molecule has 2 aromatic carbocycles. The van der Waals surface area contributed by atoms with Crippen LogP contribution in [0.15, 0.2) is 54.6 Å². The van der Waals surface area contributed by atoms with E-state index >= 15 is 0 Å². The molecule has 0 bridgehead atoms. The Labute approximate surface area is 128 Å². The van der Waals surface area contributed by atoms with Crippen LogP contribution < -0.4 is 16.0 Å². The third-order valence-corrected chi connectivity index (χ3v) is 2.73. The Kier molecular flexibility index (Phi) is 5.50. The van der Waals surface area contributed by atoms with Crippen LogP contribution in [0, 0.1) is 0 Å². The van der Waals surface area contributed by atoms with Crippen molar-refractivity contribution < 1.29 is 14.3 Å². The molecule has 0 spiro atoms. The van der Waals surface area contributed by atoms with Crippen LogP contribution in [-0.2, 0) is 9.53 Å². The smallest absolute Gasteiger partial charge is 0.323 e. The Balaban J connectivity index is 1.88. The zero-order valence-corrected chi connectivity index (χ0v) is 12.1. The molecule has 3 amide bonds. The van der Waals surface area contributed by atoms with Crippen molar-refractivity contribution in [1.29, 1.82) is 0 Å². The van der Waals surface area contributed by atoms with Gasteiger partial charge in [0.25, 0.3) is 0 Å². The number of para-hydroxylation sites is 1. The van der Waals surface area contributed by atoms with E-state index in [0.717, 1.165) is 0 Å².